The number of thiophene rings is 1. The van der Waals surface area contributed by atoms with Gasteiger partial charge in [-0.3, -0.25) is 9.59 Å². The van der Waals surface area contributed by atoms with Gasteiger partial charge in [-0.15, -0.1) is 22.7 Å². The van der Waals surface area contributed by atoms with Crippen LogP contribution in [0.5, 0.6) is 0 Å². The molecular formula is C28H31N5O3S2. The zero-order chi connectivity index (χ0) is 26.5. The molecule has 5 rings (SSSR count). The monoisotopic (exact) mass is 549 g/mol. The summed E-state index contributed by atoms with van der Waals surface area (Å²) in [5, 5.41) is 14.5. The molecule has 0 radical (unpaired) electrons. The fourth-order valence-corrected chi connectivity index (χ4v) is 6.96. The van der Waals surface area contributed by atoms with Crippen LogP contribution in [0, 0.1) is 0 Å². The van der Waals surface area contributed by atoms with Crippen molar-refractivity contribution in [3.63, 3.8) is 0 Å². The molecule has 1 aliphatic heterocycles. The van der Waals surface area contributed by atoms with Crippen molar-refractivity contribution in [2.75, 3.05) is 44.0 Å². The first-order valence-corrected chi connectivity index (χ1v) is 14.3. The van der Waals surface area contributed by atoms with Crippen LogP contribution >= 0.6 is 22.7 Å². The highest BCUT2D eigenvalue weighted by molar-refractivity contribution is 7.23. The smallest absolute Gasteiger partial charge is 0.226 e. The van der Waals surface area contributed by atoms with Crippen molar-refractivity contribution in [2.45, 2.75) is 26.3 Å². The SMILES string of the molecule is COCCNCCC(=O)Nc1sc2c(c1-c1nc3ccc(-c4ccccc4NC(C)=O)cc3s1)CCNC2. The van der Waals surface area contributed by atoms with Crippen LogP contribution in [0.15, 0.2) is 42.5 Å². The third-order valence-electron chi connectivity index (χ3n) is 6.34. The van der Waals surface area contributed by atoms with E-state index in [9.17, 15) is 9.59 Å². The maximum absolute atomic E-state index is 12.8. The Morgan fingerprint density at radius 2 is 1.97 bits per heavy atom. The number of aromatic nitrogens is 1. The highest BCUT2D eigenvalue weighted by Crippen LogP contribution is 2.45. The average molecular weight is 550 g/mol. The number of fused-ring (bicyclic) bond motifs is 2. The highest BCUT2D eigenvalue weighted by Gasteiger charge is 2.25. The summed E-state index contributed by atoms with van der Waals surface area (Å²) in [6.07, 6.45) is 1.29. The Balaban J connectivity index is 1.45. The number of nitrogens with zero attached hydrogens (tertiary/aromatic N) is 1. The Kier molecular flexibility index (Phi) is 8.45. The van der Waals surface area contributed by atoms with Gasteiger partial charge in [0.1, 0.15) is 10.0 Å². The lowest BCUT2D eigenvalue weighted by Gasteiger charge is -2.13. The maximum Gasteiger partial charge on any atom is 0.226 e. The molecule has 0 atom stereocenters. The van der Waals surface area contributed by atoms with Crippen LogP contribution in [-0.4, -0.2) is 50.1 Å². The number of nitrogens with one attached hydrogen (secondary N) is 4. The first-order chi connectivity index (χ1) is 18.5. The van der Waals surface area contributed by atoms with Crippen LogP contribution in [0.2, 0.25) is 0 Å². The fourth-order valence-electron chi connectivity index (χ4n) is 4.57. The van der Waals surface area contributed by atoms with E-state index < -0.39 is 0 Å². The van der Waals surface area contributed by atoms with Gasteiger partial charge < -0.3 is 26.0 Å². The summed E-state index contributed by atoms with van der Waals surface area (Å²) in [6, 6.07) is 14.0. The lowest BCUT2D eigenvalue weighted by molar-refractivity contribution is -0.116. The summed E-state index contributed by atoms with van der Waals surface area (Å²) in [5.74, 6) is -0.114. The van der Waals surface area contributed by atoms with Gasteiger partial charge in [0.15, 0.2) is 0 Å². The third-order valence-corrected chi connectivity index (χ3v) is 8.53. The van der Waals surface area contributed by atoms with E-state index in [2.05, 4.69) is 27.3 Å². The molecule has 0 saturated carbocycles. The average Bonchev–Trinajstić information content (AvgIpc) is 3.48. The molecule has 1 aliphatic rings. The molecule has 2 aromatic heterocycles. The number of thiazole rings is 1. The van der Waals surface area contributed by atoms with E-state index in [-0.39, 0.29) is 11.8 Å². The molecule has 4 aromatic rings. The van der Waals surface area contributed by atoms with Gasteiger partial charge in [-0.1, -0.05) is 24.3 Å². The highest BCUT2D eigenvalue weighted by atomic mass is 32.1. The quantitative estimate of drug-likeness (QED) is 0.211. The van der Waals surface area contributed by atoms with Crippen molar-refractivity contribution < 1.29 is 14.3 Å². The largest absolute Gasteiger partial charge is 0.383 e. The van der Waals surface area contributed by atoms with Gasteiger partial charge in [0, 0.05) is 61.8 Å². The van der Waals surface area contributed by atoms with Crippen LogP contribution in [0.3, 0.4) is 0 Å². The summed E-state index contributed by atoms with van der Waals surface area (Å²) in [6.45, 7) is 5.16. The number of rotatable bonds is 10. The zero-order valence-corrected chi connectivity index (χ0v) is 23.1. The molecule has 8 nitrogen and oxygen atoms in total. The molecule has 0 fully saturated rings. The minimum Gasteiger partial charge on any atom is -0.383 e. The Hall–Kier alpha value is -3.15. The number of methoxy groups -OCH3 is 1. The normalized spacial score (nSPS) is 12.9. The molecule has 0 spiro atoms. The molecule has 198 valence electrons. The van der Waals surface area contributed by atoms with Gasteiger partial charge in [-0.25, -0.2) is 4.98 Å². The Morgan fingerprint density at radius 3 is 2.82 bits per heavy atom. The minimum atomic E-state index is -0.101. The molecule has 2 amide bonds. The predicted octanol–water partition coefficient (Wildman–Crippen LogP) is 4.86. The van der Waals surface area contributed by atoms with Gasteiger partial charge in [0.05, 0.1) is 16.8 Å². The van der Waals surface area contributed by atoms with Gasteiger partial charge in [0.2, 0.25) is 11.8 Å². The molecular weight excluding hydrogens is 518 g/mol. The lowest BCUT2D eigenvalue weighted by atomic mass is 10.0. The van der Waals surface area contributed by atoms with Crippen molar-refractivity contribution in [1.82, 2.24) is 15.6 Å². The molecule has 2 aromatic carbocycles. The summed E-state index contributed by atoms with van der Waals surface area (Å²) in [5.41, 5.74) is 6.00. The molecule has 0 bridgehead atoms. The number of carbonyl (C=O) groups excluding carboxylic acids is 2. The number of para-hydroxylation sites is 1. The number of carbonyl (C=O) groups is 2. The van der Waals surface area contributed by atoms with Crippen molar-refractivity contribution in [2.24, 2.45) is 0 Å². The molecule has 0 aliphatic carbocycles. The van der Waals surface area contributed by atoms with Crippen molar-refractivity contribution >= 4 is 55.4 Å². The van der Waals surface area contributed by atoms with E-state index in [0.29, 0.717) is 19.6 Å². The molecule has 38 heavy (non-hydrogen) atoms. The molecule has 3 heterocycles. The minimum absolute atomic E-state index is 0.0132. The summed E-state index contributed by atoms with van der Waals surface area (Å²) >= 11 is 3.28. The van der Waals surface area contributed by atoms with Crippen LogP contribution in [-0.2, 0) is 27.3 Å². The number of benzene rings is 2. The van der Waals surface area contributed by atoms with Gasteiger partial charge >= 0.3 is 0 Å². The van der Waals surface area contributed by atoms with Crippen molar-refractivity contribution in [3.05, 3.63) is 52.9 Å². The standard InChI is InChI=1S/C28H31N5O3S2/c1-17(34)31-21-6-4-3-5-19(21)18-7-8-22-23(15-18)37-27(32-22)26-20-9-11-30-16-24(20)38-28(26)33-25(35)10-12-29-13-14-36-2/h3-8,15,29-30H,9-14,16H2,1-2H3,(H,31,34)(H,33,35). The second kappa shape index (κ2) is 12.1. The second-order valence-corrected chi connectivity index (χ2v) is 11.2. The third kappa shape index (κ3) is 5.95. The van der Waals surface area contributed by atoms with E-state index in [0.717, 1.165) is 68.7 Å². The first-order valence-electron chi connectivity index (χ1n) is 12.7. The Morgan fingerprint density at radius 1 is 1.11 bits per heavy atom. The molecule has 10 heteroatoms. The van der Waals surface area contributed by atoms with Crippen molar-refractivity contribution in [3.8, 4) is 21.7 Å². The topological polar surface area (TPSA) is 104 Å². The second-order valence-electron chi connectivity index (χ2n) is 9.10. The van der Waals surface area contributed by atoms with E-state index >= 15 is 0 Å². The number of hydrogen-bond acceptors (Lipinski definition) is 8. The summed E-state index contributed by atoms with van der Waals surface area (Å²) in [4.78, 5) is 30.7. The van der Waals surface area contributed by atoms with E-state index in [1.807, 2.05) is 36.4 Å². The van der Waals surface area contributed by atoms with Crippen LogP contribution in [0.1, 0.15) is 23.8 Å². The number of hydrogen-bond donors (Lipinski definition) is 4. The van der Waals surface area contributed by atoms with Gasteiger partial charge in [-0.05, 0) is 42.3 Å². The van der Waals surface area contributed by atoms with E-state index in [1.165, 1.54) is 17.4 Å². The van der Waals surface area contributed by atoms with Crippen LogP contribution in [0.25, 0.3) is 31.9 Å². The maximum atomic E-state index is 12.8. The number of amides is 2. The van der Waals surface area contributed by atoms with Crippen LogP contribution < -0.4 is 21.3 Å². The molecule has 4 N–H and O–H groups in total. The summed E-state index contributed by atoms with van der Waals surface area (Å²) in [7, 11) is 1.66. The summed E-state index contributed by atoms with van der Waals surface area (Å²) < 4.78 is 6.10. The molecule has 0 saturated heterocycles. The number of anilines is 2. The Bertz CT molecular complexity index is 1460. The van der Waals surface area contributed by atoms with Gasteiger partial charge in [0.25, 0.3) is 0 Å². The van der Waals surface area contributed by atoms with Crippen LogP contribution in [0.4, 0.5) is 10.7 Å². The lowest BCUT2D eigenvalue weighted by Crippen LogP contribution is -2.24. The van der Waals surface area contributed by atoms with E-state index in [4.69, 9.17) is 9.72 Å². The van der Waals surface area contributed by atoms with E-state index in [1.54, 1.807) is 29.8 Å². The molecule has 0 unspecified atom stereocenters. The van der Waals surface area contributed by atoms with Crippen molar-refractivity contribution in [1.29, 1.82) is 0 Å². The predicted molar refractivity (Wildman–Crippen MR) is 156 cm³/mol. The number of ether oxygens (including phenoxy) is 1. The Labute approximate surface area is 229 Å². The zero-order valence-electron chi connectivity index (χ0n) is 21.5. The van der Waals surface area contributed by atoms with Gasteiger partial charge in [-0.2, -0.15) is 0 Å². The fraction of sp³-hybridized carbons (Fsp3) is 0.321. The first kappa shape index (κ1) is 26.5.